The molecular formula is C26H23N7O7. The first-order valence-corrected chi connectivity index (χ1v) is 12.1. The minimum absolute atomic E-state index is 0.0510. The van der Waals surface area contributed by atoms with Crippen molar-refractivity contribution >= 4 is 5.91 Å². The summed E-state index contributed by atoms with van der Waals surface area (Å²) in [6.07, 6.45) is 10.4. The van der Waals surface area contributed by atoms with Crippen molar-refractivity contribution in [2.75, 3.05) is 0 Å². The number of amides is 1. The molecule has 6 aromatic rings. The quantitative estimate of drug-likeness (QED) is 0.232. The maximum Gasteiger partial charge on any atom is 0.273 e. The summed E-state index contributed by atoms with van der Waals surface area (Å²) in [6.45, 7) is 9.42. The molecule has 0 radical (unpaired) electrons. The van der Waals surface area contributed by atoms with Crippen molar-refractivity contribution < 1.29 is 31.3 Å². The van der Waals surface area contributed by atoms with Crippen molar-refractivity contribution in [2.45, 2.75) is 33.7 Å². The van der Waals surface area contributed by atoms with E-state index < -0.39 is 5.91 Å². The van der Waals surface area contributed by atoms with E-state index in [0.717, 1.165) is 0 Å². The third-order valence-electron chi connectivity index (χ3n) is 5.09. The van der Waals surface area contributed by atoms with Crippen molar-refractivity contribution in [3.8, 4) is 46.3 Å². The van der Waals surface area contributed by atoms with Gasteiger partial charge in [0, 0.05) is 13.3 Å². The highest BCUT2D eigenvalue weighted by molar-refractivity contribution is 5.92. The lowest BCUT2D eigenvalue weighted by Gasteiger charge is -1.98. The van der Waals surface area contributed by atoms with Crippen LogP contribution in [0.3, 0.4) is 0 Å². The van der Waals surface area contributed by atoms with Gasteiger partial charge in [-0.1, -0.05) is 19.9 Å². The number of rotatable bonds is 9. The molecule has 0 unspecified atom stereocenters. The second kappa shape index (κ2) is 11.5. The molecule has 0 aliphatic carbocycles. The summed E-state index contributed by atoms with van der Waals surface area (Å²) >= 11 is 0. The Morgan fingerprint density at radius 2 is 1.27 bits per heavy atom. The second-order valence-corrected chi connectivity index (χ2v) is 7.81. The first kappa shape index (κ1) is 26.1. The number of hydrogen-bond donors (Lipinski definition) is 1. The van der Waals surface area contributed by atoms with Crippen LogP contribution >= 0.6 is 0 Å². The van der Waals surface area contributed by atoms with Crippen LogP contribution in [-0.2, 0) is 13.0 Å². The van der Waals surface area contributed by atoms with E-state index in [4.69, 9.17) is 26.5 Å². The molecule has 0 fully saturated rings. The molecule has 0 aliphatic heterocycles. The topological polar surface area (TPSA) is 185 Å². The van der Waals surface area contributed by atoms with Crippen LogP contribution in [0.4, 0.5) is 0 Å². The van der Waals surface area contributed by atoms with E-state index in [1.807, 2.05) is 13.8 Å². The van der Waals surface area contributed by atoms with Gasteiger partial charge in [-0.15, -0.1) is 6.58 Å². The molecule has 6 heterocycles. The third-order valence-corrected chi connectivity index (χ3v) is 5.09. The monoisotopic (exact) mass is 545 g/mol. The number of allylic oxidation sites excluding steroid dienone is 1. The van der Waals surface area contributed by atoms with Crippen LogP contribution in [0.25, 0.3) is 46.3 Å². The molecule has 0 aliphatic rings. The highest BCUT2D eigenvalue weighted by Gasteiger charge is 2.20. The van der Waals surface area contributed by atoms with Crippen LogP contribution in [0, 0.1) is 6.92 Å². The van der Waals surface area contributed by atoms with Gasteiger partial charge < -0.3 is 31.8 Å². The summed E-state index contributed by atoms with van der Waals surface area (Å²) in [5.74, 6) is 1.31. The SMILES string of the molecule is C=CCc1nc(-c2nc(-c3nc(CNC(=O)c4coc(-c5coc(-c6coc(C)n6)n5)n4)co3)co2)co1.CC. The fourth-order valence-corrected chi connectivity index (χ4v) is 3.33. The molecule has 0 bridgehead atoms. The van der Waals surface area contributed by atoms with Gasteiger partial charge in [0.1, 0.15) is 37.6 Å². The lowest BCUT2D eigenvalue weighted by Crippen LogP contribution is -2.23. The van der Waals surface area contributed by atoms with Crippen molar-refractivity contribution in [1.29, 1.82) is 0 Å². The highest BCUT2D eigenvalue weighted by atomic mass is 16.4. The predicted octanol–water partition coefficient (Wildman–Crippen LogP) is 5.28. The molecule has 0 atom stereocenters. The Labute approximate surface area is 226 Å². The van der Waals surface area contributed by atoms with E-state index in [0.29, 0.717) is 46.7 Å². The Morgan fingerprint density at radius 3 is 1.95 bits per heavy atom. The maximum absolute atomic E-state index is 12.6. The summed E-state index contributed by atoms with van der Waals surface area (Å²) in [4.78, 5) is 38.1. The summed E-state index contributed by atoms with van der Waals surface area (Å²) < 4.78 is 32.2. The van der Waals surface area contributed by atoms with Crippen LogP contribution in [0.5, 0.6) is 0 Å². The first-order valence-electron chi connectivity index (χ1n) is 12.1. The van der Waals surface area contributed by atoms with Crippen LogP contribution in [0.15, 0.2) is 76.7 Å². The van der Waals surface area contributed by atoms with Gasteiger partial charge in [0.05, 0.1) is 12.2 Å². The molecule has 6 aromatic heterocycles. The molecular weight excluding hydrogens is 522 g/mol. The number of carbonyl (C=O) groups excluding carboxylic acids is 1. The highest BCUT2D eigenvalue weighted by Crippen LogP contribution is 2.25. The van der Waals surface area contributed by atoms with Crippen molar-refractivity contribution in [3.63, 3.8) is 0 Å². The number of aryl methyl sites for hydroxylation is 1. The third kappa shape index (κ3) is 5.50. The average molecular weight is 546 g/mol. The van der Waals surface area contributed by atoms with Crippen LogP contribution in [-0.4, -0.2) is 35.8 Å². The standard InChI is InChI=1S/C24H17N7O7.C2H6/c1-3-4-19-28-16(9-34-19)23-30-17(10-38-23)21-27-13(6-35-21)5-25-20(32)14-7-36-24(29-14)18-11-37-22(31-18)15-8-33-12(2)26-15;1-2/h3,6-11H,1,4-5H2,2H3,(H,25,32);1-2H3. The number of oxazole rings is 6. The Hall–Kier alpha value is -5.53. The van der Waals surface area contributed by atoms with Crippen molar-refractivity contribution in [2.24, 2.45) is 0 Å². The summed E-state index contributed by atoms with van der Waals surface area (Å²) in [6, 6.07) is 0. The van der Waals surface area contributed by atoms with Gasteiger partial charge in [-0.05, 0) is 0 Å². The predicted molar refractivity (Wildman–Crippen MR) is 136 cm³/mol. The summed E-state index contributed by atoms with van der Waals surface area (Å²) in [7, 11) is 0. The molecule has 204 valence electrons. The smallest absolute Gasteiger partial charge is 0.273 e. The summed E-state index contributed by atoms with van der Waals surface area (Å²) in [5.41, 5.74) is 2.04. The molecule has 14 heteroatoms. The second-order valence-electron chi connectivity index (χ2n) is 7.81. The number of nitrogens with zero attached hydrogens (tertiary/aromatic N) is 6. The van der Waals surface area contributed by atoms with Crippen LogP contribution in [0.2, 0.25) is 0 Å². The Balaban J connectivity index is 0.00000158. The Morgan fingerprint density at radius 1 is 0.725 bits per heavy atom. The molecule has 0 saturated heterocycles. The molecule has 0 spiro atoms. The molecule has 1 N–H and O–H groups in total. The van der Waals surface area contributed by atoms with E-state index in [2.05, 4.69) is 41.8 Å². The van der Waals surface area contributed by atoms with Gasteiger partial charge in [-0.25, -0.2) is 29.9 Å². The number of hydrogen-bond acceptors (Lipinski definition) is 13. The van der Waals surface area contributed by atoms with Gasteiger partial charge in [0.2, 0.25) is 23.6 Å². The van der Waals surface area contributed by atoms with E-state index in [1.54, 1.807) is 13.0 Å². The molecule has 40 heavy (non-hydrogen) atoms. The number of aromatic nitrogens is 6. The lowest BCUT2D eigenvalue weighted by atomic mass is 10.4. The zero-order chi connectivity index (χ0) is 28.1. The fourth-order valence-electron chi connectivity index (χ4n) is 3.33. The van der Waals surface area contributed by atoms with Crippen molar-refractivity contribution in [1.82, 2.24) is 35.2 Å². The average Bonchev–Trinajstić information content (AvgIpc) is 3.80. The minimum Gasteiger partial charge on any atom is -0.448 e. The van der Waals surface area contributed by atoms with Gasteiger partial charge in [-0.3, -0.25) is 4.79 Å². The largest absolute Gasteiger partial charge is 0.448 e. The zero-order valence-corrected chi connectivity index (χ0v) is 21.7. The minimum atomic E-state index is -0.481. The first-order chi connectivity index (χ1) is 19.6. The normalized spacial score (nSPS) is 10.8. The molecule has 6 rings (SSSR count). The van der Waals surface area contributed by atoms with Gasteiger partial charge in [0.15, 0.2) is 40.3 Å². The van der Waals surface area contributed by atoms with Crippen LogP contribution < -0.4 is 5.32 Å². The van der Waals surface area contributed by atoms with Gasteiger partial charge in [-0.2, -0.15) is 0 Å². The zero-order valence-electron chi connectivity index (χ0n) is 21.7. The van der Waals surface area contributed by atoms with Crippen molar-refractivity contribution in [3.05, 3.63) is 73.4 Å². The number of carbonyl (C=O) groups is 1. The summed E-state index contributed by atoms with van der Waals surface area (Å²) in [5, 5.41) is 2.70. The van der Waals surface area contributed by atoms with E-state index in [9.17, 15) is 4.79 Å². The van der Waals surface area contributed by atoms with Gasteiger partial charge in [0.25, 0.3) is 5.91 Å². The molecule has 1 amide bonds. The van der Waals surface area contributed by atoms with E-state index in [1.165, 1.54) is 37.6 Å². The maximum atomic E-state index is 12.6. The number of nitrogens with one attached hydrogen (secondary N) is 1. The molecule has 14 nitrogen and oxygen atoms in total. The van der Waals surface area contributed by atoms with E-state index in [-0.39, 0.29) is 35.8 Å². The van der Waals surface area contributed by atoms with Gasteiger partial charge >= 0.3 is 0 Å². The Kier molecular flexibility index (Phi) is 7.48. The lowest BCUT2D eigenvalue weighted by molar-refractivity contribution is 0.0945. The fraction of sp³-hybridized carbons (Fsp3) is 0.192. The molecule has 0 aromatic carbocycles. The Bertz CT molecular complexity index is 1730. The molecule has 0 saturated carbocycles. The van der Waals surface area contributed by atoms with Crippen LogP contribution in [0.1, 0.15) is 41.8 Å². The van der Waals surface area contributed by atoms with E-state index >= 15 is 0 Å².